The lowest BCUT2D eigenvalue weighted by Gasteiger charge is -2.06. The molecule has 0 radical (unpaired) electrons. The SMILES string of the molecule is CCCCCCCCN=Cc1ccc(OCCCCCCCCCCn2cc[n+](C)c2)cc1. The number of benzene rings is 1. The third kappa shape index (κ3) is 13.9. The zero-order valence-electron chi connectivity index (χ0n) is 21.4. The second-order valence-corrected chi connectivity index (χ2v) is 9.37. The van der Waals surface area contributed by atoms with Crippen LogP contribution in [0.25, 0.3) is 0 Å². The Bertz CT molecular complexity index is 736. The number of ether oxygens (including phenoxy) is 1. The van der Waals surface area contributed by atoms with Gasteiger partial charge >= 0.3 is 0 Å². The molecule has 1 aromatic carbocycles. The zero-order chi connectivity index (χ0) is 23.4. The van der Waals surface area contributed by atoms with Gasteiger partial charge in [0.2, 0.25) is 6.33 Å². The largest absolute Gasteiger partial charge is 0.494 e. The van der Waals surface area contributed by atoms with Gasteiger partial charge in [0.25, 0.3) is 0 Å². The summed E-state index contributed by atoms with van der Waals surface area (Å²) in [6.07, 6.45) is 26.8. The monoisotopic (exact) mass is 454 g/mol. The highest BCUT2D eigenvalue weighted by atomic mass is 16.5. The number of hydrogen-bond donors (Lipinski definition) is 0. The maximum absolute atomic E-state index is 5.91. The number of rotatable bonds is 20. The Morgan fingerprint density at radius 3 is 2.12 bits per heavy atom. The van der Waals surface area contributed by atoms with Crippen LogP contribution < -0.4 is 9.30 Å². The third-order valence-corrected chi connectivity index (χ3v) is 6.16. The predicted octanol–water partition coefficient (Wildman–Crippen LogP) is 7.29. The highest BCUT2D eigenvalue weighted by molar-refractivity contribution is 5.79. The van der Waals surface area contributed by atoms with Crippen LogP contribution in [0.1, 0.15) is 102 Å². The van der Waals surface area contributed by atoms with Gasteiger partial charge < -0.3 is 4.74 Å². The van der Waals surface area contributed by atoms with Crippen LogP contribution in [-0.2, 0) is 13.6 Å². The number of imidazole rings is 1. The molecule has 0 N–H and O–H groups in total. The number of aryl methyl sites for hydroxylation is 2. The summed E-state index contributed by atoms with van der Waals surface area (Å²) in [5.74, 6) is 0.972. The lowest BCUT2D eigenvalue weighted by molar-refractivity contribution is -0.671. The maximum Gasteiger partial charge on any atom is 0.243 e. The highest BCUT2D eigenvalue weighted by Crippen LogP contribution is 2.13. The quantitative estimate of drug-likeness (QED) is 0.117. The highest BCUT2D eigenvalue weighted by Gasteiger charge is 2.00. The van der Waals surface area contributed by atoms with Crippen molar-refractivity contribution < 1.29 is 9.30 Å². The summed E-state index contributed by atoms with van der Waals surface area (Å²) in [4.78, 5) is 4.56. The Kier molecular flexibility index (Phi) is 15.1. The van der Waals surface area contributed by atoms with Crippen molar-refractivity contribution in [2.45, 2.75) is 103 Å². The molecule has 0 saturated carbocycles. The fraction of sp³-hybridized carbons (Fsp3) is 0.655. The summed E-state index contributed by atoms with van der Waals surface area (Å²) < 4.78 is 10.3. The van der Waals surface area contributed by atoms with Crippen molar-refractivity contribution in [3.8, 4) is 5.75 Å². The molecule has 2 rings (SSSR count). The molecule has 4 heteroatoms. The molecule has 0 atom stereocenters. The first kappa shape index (κ1) is 27.1. The Hall–Kier alpha value is -2.10. The second kappa shape index (κ2) is 18.3. The maximum atomic E-state index is 5.91. The average molecular weight is 455 g/mol. The summed E-state index contributed by atoms with van der Waals surface area (Å²) in [6, 6.07) is 8.35. The summed E-state index contributed by atoms with van der Waals surface area (Å²) in [7, 11) is 2.08. The molecule has 4 nitrogen and oxygen atoms in total. The number of nitrogens with zero attached hydrogens (tertiary/aromatic N) is 3. The Labute approximate surface area is 203 Å². The molecule has 0 saturated heterocycles. The summed E-state index contributed by atoms with van der Waals surface area (Å²) >= 11 is 0. The van der Waals surface area contributed by atoms with Crippen LogP contribution in [-0.4, -0.2) is 23.9 Å². The van der Waals surface area contributed by atoms with Crippen molar-refractivity contribution in [2.75, 3.05) is 13.2 Å². The molecular weight excluding hydrogens is 406 g/mol. The van der Waals surface area contributed by atoms with Crippen LogP contribution in [0, 0.1) is 0 Å². The van der Waals surface area contributed by atoms with E-state index in [4.69, 9.17) is 4.74 Å². The minimum Gasteiger partial charge on any atom is -0.494 e. The second-order valence-electron chi connectivity index (χ2n) is 9.37. The lowest BCUT2D eigenvalue weighted by Crippen LogP contribution is -2.23. The van der Waals surface area contributed by atoms with Gasteiger partial charge in [-0.15, -0.1) is 0 Å². The molecular formula is C29H48N3O+. The predicted molar refractivity (Wildman–Crippen MR) is 140 cm³/mol. The molecule has 0 spiro atoms. The van der Waals surface area contributed by atoms with E-state index in [0.29, 0.717) is 0 Å². The van der Waals surface area contributed by atoms with Crippen molar-refractivity contribution in [2.24, 2.45) is 12.0 Å². The van der Waals surface area contributed by atoms with Crippen LogP contribution in [0.2, 0.25) is 0 Å². The number of hydrogen-bond acceptors (Lipinski definition) is 2. The normalized spacial score (nSPS) is 11.5. The minimum absolute atomic E-state index is 0.819. The van der Waals surface area contributed by atoms with Gasteiger partial charge in [-0.1, -0.05) is 71.1 Å². The first-order chi connectivity index (χ1) is 16.3. The van der Waals surface area contributed by atoms with Crippen molar-refractivity contribution in [3.63, 3.8) is 0 Å². The van der Waals surface area contributed by atoms with E-state index in [-0.39, 0.29) is 0 Å². The summed E-state index contributed by atoms with van der Waals surface area (Å²) in [5.41, 5.74) is 1.16. The van der Waals surface area contributed by atoms with Crippen LogP contribution in [0.3, 0.4) is 0 Å². The van der Waals surface area contributed by atoms with E-state index in [1.165, 1.54) is 83.5 Å². The van der Waals surface area contributed by atoms with Gasteiger partial charge in [-0.05, 0) is 55.5 Å². The molecule has 2 aromatic rings. The van der Waals surface area contributed by atoms with Gasteiger partial charge in [0.15, 0.2) is 0 Å². The van der Waals surface area contributed by atoms with Crippen molar-refractivity contribution in [1.82, 2.24) is 4.57 Å². The Morgan fingerprint density at radius 2 is 1.45 bits per heavy atom. The molecule has 0 unspecified atom stereocenters. The molecule has 184 valence electrons. The third-order valence-electron chi connectivity index (χ3n) is 6.16. The van der Waals surface area contributed by atoms with Crippen molar-refractivity contribution in [1.29, 1.82) is 0 Å². The topological polar surface area (TPSA) is 30.4 Å². The van der Waals surface area contributed by atoms with Gasteiger partial charge in [-0.25, -0.2) is 9.13 Å². The van der Waals surface area contributed by atoms with Gasteiger partial charge in [-0.2, -0.15) is 0 Å². The molecule has 0 bridgehead atoms. The molecule has 33 heavy (non-hydrogen) atoms. The summed E-state index contributed by atoms with van der Waals surface area (Å²) in [6.45, 7) is 5.17. The molecule has 0 aliphatic heterocycles. The van der Waals surface area contributed by atoms with Gasteiger partial charge in [0.1, 0.15) is 18.1 Å². The van der Waals surface area contributed by atoms with E-state index < -0.39 is 0 Å². The van der Waals surface area contributed by atoms with E-state index in [9.17, 15) is 0 Å². The first-order valence-electron chi connectivity index (χ1n) is 13.5. The first-order valence-corrected chi connectivity index (χ1v) is 13.5. The van der Waals surface area contributed by atoms with Crippen LogP contribution in [0.15, 0.2) is 48.0 Å². The number of unbranched alkanes of at least 4 members (excludes halogenated alkanes) is 12. The van der Waals surface area contributed by atoms with E-state index in [1.54, 1.807) is 0 Å². The Balaban J connectivity index is 1.39. The fourth-order valence-electron chi connectivity index (χ4n) is 4.08. The van der Waals surface area contributed by atoms with Crippen LogP contribution in [0.5, 0.6) is 5.75 Å². The molecule has 0 aliphatic carbocycles. The molecule has 1 heterocycles. The molecule has 0 fully saturated rings. The summed E-state index contributed by atoms with van der Waals surface area (Å²) in [5, 5.41) is 0. The molecule has 0 aliphatic rings. The standard InChI is InChI=1S/C29H48N3O/c1-3-4-5-6-11-14-21-30-26-28-17-19-29(20-18-28)33-25-16-13-10-8-7-9-12-15-22-32-24-23-31(2)27-32/h17-20,23-24,26-27H,3-16,21-22,25H2,1-2H3/q+1. The zero-order valence-corrected chi connectivity index (χ0v) is 21.4. The molecule has 0 amide bonds. The minimum atomic E-state index is 0.819. The smallest absolute Gasteiger partial charge is 0.243 e. The van der Waals surface area contributed by atoms with E-state index >= 15 is 0 Å². The van der Waals surface area contributed by atoms with E-state index in [1.807, 2.05) is 6.21 Å². The molecule has 1 aromatic heterocycles. The van der Waals surface area contributed by atoms with Crippen molar-refractivity contribution >= 4 is 6.21 Å². The number of aromatic nitrogens is 2. The van der Waals surface area contributed by atoms with Crippen LogP contribution >= 0.6 is 0 Å². The lowest BCUT2D eigenvalue weighted by atomic mass is 10.1. The Morgan fingerprint density at radius 1 is 0.818 bits per heavy atom. The van der Waals surface area contributed by atoms with Gasteiger partial charge in [0.05, 0.1) is 20.2 Å². The number of aliphatic imine (C=N–C) groups is 1. The fourth-order valence-corrected chi connectivity index (χ4v) is 4.08. The van der Waals surface area contributed by atoms with Crippen LogP contribution in [0.4, 0.5) is 0 Å². The average Bonchev–Trinajstić information content (AvgIpc) is 3.25. The van der Waals surface area contributed by atoms with Gasteiger partial charge in [0, 0.05) is 12.8 Å². The van der Waals surface area contributed by atoms with E-state index in [2.05, 4.69) is 71.1 Å². The van der Waals surface area contributed by atoms with Gasteiger partial charge in [-0.3, -0.25) is 4.99 Å². The van der Waals surface area contributed by atoms with E-state index in [0.717, 1.165) is 37.4 Å². The van der Waals surface area contributed by atoms with Crippen molar-refractivity contribution in [3.05, 3.63) is 48.5 Å².